The summed E-state index contributed by atoms with van der Waals surface area (Å²) in [5, 5.41) is 16.4. The highest BCUT2D eigenvalue weighted by Gasteiger charge is 2.35. The maximum atomic E-state index is 12.8. The van der Waals surface area contributed by atoms with Gasteiger partial charge in [-0.1, -0.05) is 34.6 Å². The molecule has 4 amide bonds. The second-order valence-corrected chi connectivity index (χ2v) is 9.66. The first-order chi connectivity index (χ1) is 15.3. The summed E-state index contributed by atoms with van der Waals surface area (Å²) in [6.45, 7) is 10.2. The van der Waals surface area contributed by atoms with Crippen molar-refractivity contribution in [2.45, 2.75) is 72.4 Å². The van der Waals surface area contributed by atoms with Crippen LogP contribution < -0.4 is 22.1 Å². The third kappa shape index (κ3) is 12.6. The van der Waals surface area contributed by atoms with Gasteiger partial charge < -0.3 is 31.9 Å². The number of carbonyl (C=O) groups excluding carboxylic acids is 4. The molecule has 7 N–H and O–H groups in total. The van der Waals surface area contributed by atoms with Crippen LogP contribution in [0.3, 0.4) is 0 Å². The molecule has 0 saturated carbocycles. The lowest BCUT2D eigenvalue weighted by Crippen LogP contribution is -2.50. The molecule has 1 unspecified atom stereocenters. The monoisotopic (exact) mass is 472 g/mol. The summed E-state index contributed by atoms with van der Waals surface area (Å²) < 4.78 is 5.05. The Hall–Kier alpha value is -2.20. The number of aliphatic hydroxyl groups is 1. The first-order valence-corrected chi connectivity index (χ1v) is 11.6. The molecule has 0 heterocycles. The summed E-state index contributed by atoms with van der Waals surface area (Å²) in [5.41, 5.74) is 10.8. The normalized spacial score (nSPS) is 16.0. The van der Waals surface area contributed by atoms with E-state index in [4.69, 9.17) is 16.2 Å². The molecule has 0 aliphatic carbocycles. The van der Waals surface area contributed by atoms with Crippen LogP contribution in [-0.4, -0.2) is 61.1 Å². The average Bonchev–Trinajstić information content (AvgIpc) is 2.70. The lowest BCUT2D eigenvalue weighted by molar-refractivity contribution is -0.133. The van der Waals surface area contributed by atoms with Crippen LogP contribution in [0.2, 0.25) is 0 Å². The highest BCUT2D eigenvalue weighted by atomic mass is 16.5. The van der Waals surface area contributed by atoms with Gasteiger partial charge in [-0.15, -0.1) is 0 Å². The molecule has 0 aliphatic heterocycles. The molecule has 192 valence electrons. The summed E-state index contributed by atoms with van der Waals surface area (Å²) in [6.07, 6.45) is -0.544. The van der Waals surface area contributed by atoms with Gasteiger partial charge in [0.2, 0.25) is 23.6 Å². The number of nitrogens with two attached hydrogens (primary N) is 2. The zero-order valence-electron chi connectivity index (χ0n) is 20.9. The fourth-order valence-electron chi connectivity index (χ4n) is 3.70. The van der Waals surface area contributed by atoms with Crippen LogP contribution in [0.4, 0.5) is 0 Å². The van der Waals surface area contributed by atoms with Crippen LogP contribution in [0.1, 0.15) is 60.3 Å². The number of primary amides is 2. The van der Waals surface area contributed by atoms with Gasteiger partial charge in [0.25, 0.3) is 0 Å². The van der Waals surface area contributed by atoms with Crippen molar-refractivity contribution in [3.63, 3.8) is 0 Å². The van der Waals surface area contributed by atoms with Crippen molar-refractivity contribution in [1.82, 2.24) is 10.6 Å². The predicted octanol–water partition coefficient (Wildman–Crippen LogP) is 0.306. The van der Waals surface area contributed by atoms with E-state index in [0.717, 1.165) is 0 Å². The highest BCUT2D eigenvalue weighted by Crippen LogP contribution is 2.30. The summed E-state index contributed by atoms with van der Waals surface area (Å²) in [5.74, 6) is -3.91. The first-order valence-electron chi connectivity index (χ1n) is 11.6. The van der Waals surface area contributed by atoms with Crippen LogP contribution in [0.15, 0.2) is 0 Å². The van der Waals surface area contributed by atoms with E-state index in [1.54, 1.807) is 6.92 Å². The number of ether oxygens (including phenoxy) is 1. The van der Waals surface area contributed by atoms with E-state index in [2.05, 4.69) is 10.6 Å². The topological polar surface area (TPSA) is 174 Å². The van der Waals surface area contributed by atoms with Gasteiger partial charge in [0.05, 0.1) is 12.0 Å². The van der Waals surface area contributed by atoms with E-state index in [-0.39, 0.29) is 30.6 Å². The number of carbonyl (C=O) groups is 4. The molecule has 0 aromatic heterocycles. The predicted molar refractivity (Wildman–Crippen MR) is 126 cm³/mol. The second-order valence-electron chi connectivity index (χ2n) is 9.66. The molecule has 10 nitrogen and oxygen atoms in total. The Morgan fingerprint density at radius 3 is 2.00 bits per heavy atom. The van der Waals surface area contributed by atoms with E-state index >= 15 is 0 Å². The molecule has 0 aromatic carbocycles. The smallest absolute Gasteiger partial charge is 0.242 e. The molecular weight excluding hydrogens is 428 g/mol. The third-order valence-corrected chi connectivity index (χ3v) is 5.51. The molecule has 0 aromatic rings. The Morgan fingerprint density at radius 1 is 0.939 bits per heavy atom. The molecule has 33 heavy (non-hydrogen) atoms. The fourth-order valence-corrected chi connectivity index (χ4v) is 3.70. The summed E-state index contributed by atoms with van der Waals surface area (Å²) in [4.78, 5) is 48.7. The van der Waals surface area contributed by atoms with E-state index in [9.17, 15) is 24.3 Å². The Balaban J connectivity index is 5.33. The van der Waals surface area contributed by atoms with Crippen LogP contribution in [0.5, 0.6) is 0 Å². The maximum absolute atomic E-state index is 12.8. The first kappa shape index (κ1) is 30.8. The molecule has 0 rings (SSSR count). The summed E-state index contributed by atoms with van der Waals surface area (Å²) in [7, 11) is 1.51. The van der Waals surface area contributed by atoms with Crippen LogP contribution >= 0.6 is 0 Å². The molecule has 0 aliphatic rings. The quantitative estimate of drug-likeness (QED) is 0.204. The SMILES string of the molecule is COCC[C@H](NC(=O)[C@H](C)C[C@H](O)[C@@H](CC(C)C)C(CC(N)=O)C(N)=O)C(=O)NCC(C)C. The highest BCUT2D eigenvalue weighted by molar-refractivity contribution is 5.88. The van der Waals surface area contributed by atoms with Crippen LogP contribution in [-0.2, 0) is 23.9 Å². The number of methoxy groups -OCH3 is 1. The lowest BCUT2D eigenvalue weighted by atomic mass is 9.77. The Kier molecular flexibility index (Phi) is 14.6. The van der Waals surface area contributed by atoms with Crippen molar-refractivity contribution in [3.8, 4) is 0 Å². The minimum Gasteiger partial charge on any atom is -0.393 e. The molecular formula is C23H44N4O6. The number of nitrogens with one attached hydrogen (secondary N) is 2. The molecule has 0 fully saturated rings. The van der Waals surface area contributed by atoms with Crippen molar-refractivity contribution in [3.05, 3.63) is 0 Å². The van der Waals surface area contributed by atoms with Crippen LogP contribution in [0.25, 0.3) is 0 Å². The molecule has 0 bridgehead atoms. The van der Waals surface area contributed by atoms with Gasteiger partial charge in [-0.2, -0.15) is 0 Å². The largest absolute Gasteiger partial charge is 0.393 e. The van der Waals surface area contributed by atoms with Crippen molar-refractivity contribution in [1.29, 1.82) is 0 Å². The average molecular weight is 473 g/mol. The molecule has 0 saturated heterocycles. The van der Waals surface area contributed by atoms with Gasteiger partial charge in [-0.25, -0.2) is 0 Å². The van der Waals surface area contributed by atoms with Gasteiger partial charge in [0.15, 0.2) is 0 Å². The number of amides is 4. The number of rotatable bonds is 17. The van der Waals surface area contributed by atoms with Crippen molar-refractivity contribution >= 4 is 23.6 Å². The van der Waals surface area contributed by atoms with Crippen molar-refractivity contribution in [2.24, 2.45) is 41.1 Å². The minimum absolute atomic E-state index is 0.0381. The second kappa shape index (κ2) is 15.6. The van der Waals surface area contributed by atoms with Gasteiger partial charge in [0.1, 0.15) is 6.04 Å². The van der Waals surface area contributed by atoms with E-state index < -0.39 is 47.6 Å². The van der Waals surface area contributed by atoms with Crippen molar-refractivity contribution < 1.29 is 29.0 Å². The fraction of sp³-hybridized carbons (Fsp3) is 0.826. The standard InChI is InChI=1S/C23H44N4O6/c1-13(2)9-16(17(21(25)30)11-20(24)29)19(28)10-15(5)22(31)27-18(7-8-33-6)23(32)26-12-14(3)4/h13-19,28H,7-12H2,1-6H3,(H2,24,29)(H2,25,30)(H,26,32)(H,27,31)/t15-,16+,17?,18+,19+/m1/s1. The molecule has 0 spiro atoms. The summed E-state index contributed by atoms with van der Waals surface area (Å²) >= 11 is 0. The number of hydrogen-bond acceptors (Lipinski definition) is 6. The van der Waals surface area contributed by atoms with E-state index in [0.29, 0.717) is 26.0 Å². The van der Waals surface area contributed by atoms with Gasteiger partial charge in [0, 0.05) is 32.6 Å². The zero-order valence-corrected chi connectivity index (χ0v) is 20.9. The lowest BCUT2D eigenvalue weighted by Gasteiger charge is -2.31. The van der Waals surface area contributed by atoms with Gasteiger partial charge >= 0.3 is 0 Å². The Labute approximate surface area is 197 Å². The number of aliphatic hydroxyl groups excluding tert-OH is 1. The molecule has 10 heteroatoms. The summed E-state index contributed by atoms with van der Waals surface area (Å²) in [6, 6.07) is -0.768. The zero-order chi connectivity index (χ0) is 25.7. The molecule has 0 radical (unpaired) electrons. The Bertz CT molecular complexity index is 640. The van der Waals surface area contributed by atoms with E-state index in [1.165, 1.54) is 7.11 Å². The maximum Gasteiger partial charge on any atom is 0.242 e. The van der Waals surface area contributed by atoms with E-state index in [1.807, 2.05) is 27.7 Å². The van der Waals surface area contributed by atoms with Crippen LogP contribution in [0, 0.1) is 29.6 Å². The minimum atomic E-state index is -1.06. The van der Waals surface area contributed by atoms with Gasteiger partial charge in [-0.3, -0.25) is 19.2 Å². The van der Waals surface area contributed by atoms with Crippen molar-refractivity contribution in [2.75, 3.05) is 20.3 Å². The molecule has 5 atom stereocenters. The Morgan fingerprint density at radius 2 is 1.55 bits per heavy atom. The van der Waals surface area contributed by atoms with Gasteiger partial charge in [-0.05, 0) is 37.0 Å². The third-order valence-electron chi connectivity index (χ3n) is 5.51. The number of hydrogen-bond donors (Lipinski definition) is 5.